The van der Waals surface area contributed by atoms with Crippen LogP contribution < -0.4 is 5.32 Å². The van der Waals surface area contributed by atoms with E-state index in [1.807, 2.05) is 0 Å². The number of piperidine rings is 1. The molecule has 1 saturated heterocycles. The quantitative estimate of drug-likeness (QED) is 0.775. The minimum Gasteiger partial charge on any atom is -0.378 e. The van der Waals surface area contributed by atoms with Crippen molar-refractivity contribution >= 4 is 0 Å². The van der Waals surface area contributed by atoms with Crippen LogP contribution in [0.4, 0.5) is 0 Å². The molecular formula is C13H25NO. The summed E-state index contributed by atoms with van der Waals surface area (Å²) in [6.45, 7) is 4.42. The SMILES string of the molecule is CC1CC(OCC2CCCCC2)CCN1. The summed E-state index contributed by atoms with van der Waals surface area (Å²) in [5.41, 5.74) is 0. The van der Waals surface area contributed by atoms with Gasteiger partial charge in [-0.25, -0.2) is 0 Å². The zero-order valence-corrected chi connectivity index (χ0v) is 10.0. The van der Waals surface area contributed by atoms with Crippen molar-refractivity contribution in [2.75, 3.05) is 13.2 Å². The third-order valence-corrected chi connectivity index (χ3v) is 3.87. The summed E-state index contributed by atoms with van der Waals surface area (Å²) in [6.07, 6.45) is 10.0. The molecule has 0 aromatic rings. The highest BCUT2D eigenvalue weighted by atomic mass is 16.5. The molecule has 2 unspecified atom stereocenters. The van der Waals surface area contributed by atoms with Gasteiger partial charge < -0.3 is 10.1 Å². The molecule has 0 aromatic heterocycles. The van der Waals surface area contributed by atoms with Crippen molar-refractivity contribution in [2.24, 2.45) is 5.92 Å². The lowest BCUT2D eigenvalue weighted by atomic mass is 9.90. The summed E-state index contributed by atoms with van der Waals surface area (Å²) in [7, 11) is 0. The largest absolute Gasteiger partial charge is 0.378 e. The van der Waals surface area contributed by atoms with Crippen LogP contribution in [0, 0.1) is 5.92 Å². The van der Waals surface area contributed by atoms with Crippen LogP contribution in [0.5, 0.6) is 0 Å². The molecule has 0 amide bonds. The molecule has 0 aromatic carbocycles. The average molecular weight is 211 g/mol. The molecule has 1 saturated carbocycles. The molecule has 2 aliphatic rings. The number of ether oxygens (including phenoxy) is 1. The first-order chi connectivity index (χ1) is 7.34. The van der Waals surface area contributed by atoms with Crippen LogP contribution in [0.25, 0.3) is 0 Å². The van der Waals surface area contributed by atoms with Crippen molar-refractivity contribution in [1.29, 1.82) is 0 Å². The lowest BCUT2D eigenvalue weighted by Gasteiger charge is -2.30. The third-order valence-electron chi connectivity index (χ3n) is 3.87. The highest BCUT2D eigenvalue weighted by Crippen LogP contribution is 2.25. The first kappa shape index (κ1) is 11.4. The van der Waals surface area contributed by atoms with Gasteiger partial charge in [-0.3, -0.25) is 0 Å². The highest BCUT2D eigenvalue weighted by Gasteiger charge is 2.21. The number of rotatable bonds is 3. The van der Waals surface area contributed by atoms with E-state index in [4.69, 9.17) is 4.74 Å². The lowest BCUT2D eigenvalue weighted by Crippen LogP contribution is -2.39. The molecule has 0 bridgehead atoms. The lowest BCUT2D eigenvalue weighted by molar-refractivity contribution is -0.00221. The van der Waals surface area contributed by atoms with Crippen molar-refractivity contribution in [3.63, 3.8) is 0 Å². The first-order valence-corrected chi connectivity index (χ1v) is 6.69. The maximum Gasteiger partial charge on any atom is 0.0602 e. The Morgan fingerprint density at radius 2 is 1.93 bits per heavy atom. The molecule has 2 nitrogen and oxygen atoms in total. The zero-order chi connectivity index (χ0) is 10.5. The second-order valence-electron chi connectivity index (χ2n) is 5.34. The standard InChI is InChI=1S/C13H25NO/c1-11-9-13(7-8-14-11)15-10-12-5-3-2-4-6-12/h11-14H,2-10H2,1H3. The van der Waals surface area contributed by atoms with E-state index < -0.39 is 0 Å². The van der Waals surface area contributed by atoms with Gasteiger partial charge in [-0.2, -0.15) is 0 Å². The topological polar surface area (TPSA) is 21.3 Å². The van der Waals surface area contributed by atoms with Gasteiger partial charge in [-0.05, 0) is 45.1 Å². The maximum atomic E-state index is 6.05. The monoisotopic (exact) mass is 211 g/mol. The summed E-state index contributed by atoms with van der Waals surface area (Å²) in [5, 5.41) is 3.47. The minimum atomic E-state index is 0.531. The molecule has 15 heavy (non-hydrogen) atoms. The van der Waals surface area contributed by atoms with Crippen molar-refractivity contribution in [1.82, 2.24) is 5.32 Å². The Balaban J connectivity index is 1.63. The van der Waals surface area contributed by atoms with E-state index in [0.29, 0.717) is 12.1 Å². The zero-order valence-electron chi connectivity index (χ0n) is 10.0. The molecule has 1 aliphatic heterocycles. The molecule has 1 aliphatic carbocycles. The fourth-order valence-electron chi connectivity index (χ4n) is 2.86. The van der Waals surface area contributed by atoms with Crippen LogP contribution in [-0.4, -0.2) is 25.3 Å². The van der Waals surface area contributed by atoms with Gasteiger partial charge in [0.2, 0.25) is 0 Å². The van der Waals surface area contributed by atoms with Gasteiger partial charge in [0.15, 0.2) is 0 Å². The summed E-state index contributed by atoms with van der Waals surface area (Å²) in [5.74, 6) is 0.865. The molecule has 0 radical (unpaired) electrons. The first-order valence-electron chi connectivity index (χ1n) is 6.69. The molecule has 2 rings (SSSR count). The van der Waals surface area contributed by atoms with Crippen LogP contribution in [0.2, 0.25) is 0 Å². The maximum absolute atomic E-state index is 6.05. The highest BCUT2D eigenvalue weighted by molar-refractivity contribution is 4.76. The van der Waals surface area contributed by atoms with Crippen LogP contribution >= 0.6 is 0 Å². The van der Waals surface area contributed by atoms with Crippen molar-refractivity contribution in [2.45, 2.75) is 64.0 Å². The normalized spacial score (nSPS) is 34.2. The van der Waals surface area contributed by atoms with Gasteiger partial charge in [0.25, 0.3) is 0 Å². The van der Waals surface area contributed by atoms with E-state index in [2.05, 4.69) is 12.2 Å². The van der Waals surface area contributed by atoms with Crippen LogP contribution in [0.1, 0.15) is 51.9 Å². The van der Waals surface area contributed by atoms with Gasteiger partial charge in [-0.15, -0.1) is 0 Å². The van der Waals surface area contributed by atoms with E-state index in [-0.39, 0.29) is 0 Å². The Hall–Kier alpha value is -0.0800. The molecule has 2 heteroatoms. The Labute approximate surface area is 93.8 Å². The Morgan fingerprint density at radius 3 is 2.67 bits per heavy atom. The number of hydrogen-bond acceptors (Lipinski definition) is 2. The Bertz CT molecular complexity index is 177. The second kappa shape index (κ2) is 5.86. The third kappa shape index (κ3) is 3.76. The minimum absolute atomic E-state index is 0.531. The van der Waals surface area contributed by atoms with Gasteiger partial charge in [0, 0.05) is 12.6 Å². The molecule has 1 heterocycles. The summed E-state index contributed by atoms with van der Waals surface area (Å²) >= 11 is 0. The van der Waals surface area contributed by atoms with Crippen molar-refractivity contribution in [3.05, 3.63) is 0 Å². The predicted molar refractivity (Wildman–Crippen MR) is 63.0 cm³/mol. The summed E-state index contributed by atoms with van der Waals surface area (Å²) in [6, 6.07) is 0.648. The van der Waals surface area contributed by atoms with Crippen LogP contribution in [0.15, 0.2) is 0 Å². The van der Waals surface area contributed by atoms with Crippen LogP contribution in [0.3, 0.4) is 0 Å². The summed E-state index contributed by atoms with van der Waals surface area (Å²) in [4.78, 5) is 0. The Morgan fingerprint density at radius 1 is 1.13 bits per heavy atom. The smallest absolute Gasteiger partial charge is 0.0602 e. The van der Waals surface area contributed by atoms with Crippen molar-refractivity contribution < 1.29 is 4.74 Å². The molecule has 2 fully saturated rings. The molecule has 2 atom stereocenters. The van der Waals surface area contributed by atoms with Gasteiger partial charge in [0.05, 0.1) is 6.10 Å². The molecule has 0 spiro atoms. The van der Waals surface area contributed by atoms with Crippen molar-refractivity contribution in [3.8, 4) is 0 Å². The van der Waals surface area contributed by atoms with Gasteiger partial charge in [-0.1, -0.05) is 19.3 Å². The second-order valence-corrected chi connectivity index (χ2v) is 5.34. The number of hydrogen-bond donors (Lipinski definition) is 1. The molecular weight excluding hydrogens is 186 g/mol. The average Bonchev–Trinajstić information content (AvgIpc) is 2.28. The summed E-state index contributed by atoms with van der Waals surface area (Å²) < 4.78 is 6.05. The van der Waals surface area contributed by atoms with E-state index >= 15 is 0 Å². The van der Waals surface area contributed by atoms with E-state index in [1.54, 1.807) is 0 Å². The van der Waals surface area contributed by atoms with Gasteiger partial charge >= 0.3 is 0 Å². The van der Waals surface area contributed by atoms with Crippen LogP contribution in [-0.2, 0) is 4.74 Å². The van der Waals surface area contributed by atoms with E-state index in [9.17, 15) is 0 Å². The molecule has 88 valence electrons. The fourth-order valence-corrected chi connectivity index (χ4v) is 2.86. The Kier molecular flexibility index (Phi) is 4.45. The predicted octanol–water partition coefficient (Wildman–Crippen LogP) is 2.72. The van der Waals surface area contributed by atoms with E-state index in [1.165, 1.54) is 44.9 Å². The fraction of sp³-hybridized carbons (Fsp3) is 1.00. The van der Waals surface area contributed by atoms with Gasteiger partial charge in [0.1, 0.15) is 0 Å². The molecule has 1 N–H and O–H groups in total. The number of nitrogens with one attached hydrogen (secondary N) is 1. The van der Waals surface area contributed by atoms with E-state index in [0.717, 1.165) is 19.1 Å².